The number of halogens is 1. The molecule has 1 heterocycles. The van der Waals surface area contributed by atoms with E-state index in [1.54, 1.807) is 11.9 Å². The molecule has 0 bridgehead atoms. The van der Waals surface area contributed by atoms with E-state index in [4.69, 9.17) is 21.2 Å². The van der Waals surface area contributed by atoms with Gasteiger partial charge in [0.1, 0.15) is 4.87 Å². The highest BCUT2D eigenvalue weighted by Crippen LogP contribution is 2.40. The van der Waals surface area contributed by atoms with Gasteiger partial charge in [-0.15, -0.1) is 11.6 Å². The Morgan fingerprint density at radius 1 is 1.32 bits per heavy atom. The average molecular weight is 282 g/mol. The molecule has 2 unspecified atom stereocenters. The first-order valence-electron chi connectivity index (χ1n) is 5.85. The number of benzene rings is 1. The first kappa shape index (κ1) is 15.4. The number of carbonyl (C=O) groups excluding carboxylic acids is 3. The van der Waals surface area contributed by atoms with Gasteiger partial charge < -0.3 is 4.90 Å². The lowest BCUT2D eigenvalue weighted by atomic mass is 9.89. The van der Waals surface area contributed by atoms with Crippen LogP contribution in [0.2, 0.25) is 0 Å². The molecular formula is C14H16ClNO3. The number of rotatable bonds is 1. The third-order valence-corrected chi connectivity index (χ3v) is 3.78. The molecule has 0 radical (unpaired) electrons. The predicted molar refractivity (Wildman–Crippen MR) is 70.8 cm³/mol. The number of hydrogen-bond acceptors (Lipinski definition) is 3. The summed E-state index contributed by atoms with van der Waals surface area (Å²) >= 11 is 6.36. The maximum Gasteiger partial charge on any atom is 0.373 e. The Morgan fingerprint density at radius 2 is 1.79 bits per heavy atom. The molecule has 1 aromatic carbocycles. The lowest BCUT2D eigenvalue weighted by Gasteiger charge is -2.21. The van der Waals surface area contributed by atoms with Gasteiger partial charge in [-0.1, -0.05) is 29.8 Å². The molecule has 0 N–H and O–H groups in total. The summed E-state index contributed by atoms with van der Waals surface area (Å²) in [5.41, 5.74) is 2.36. The van der Waals surface area contributed by atoms with E-state index in [1.807, 2.05) is 6.92 Å². The van der Waals surface area contributed by atoms with Crippen LogP contribution in [-0.4, -0.2) is 35.4 Å². The molecule has 1 amide bonds. The van der Waals surface area contributed by atoms with Crippen molar-refractivity contribution >= 4 is 23.7 Å². The van der Waals surface area contributed by atoms with Gasteiger partial charge in [0, 0.05) is 19.5 Å². The van der Waals surface area contributed by atoms with Gasteiger partial charge >= 0.3 is 6.15 Å². The Balaban J connectivity index is 0.000000550. The Morgan fingerprint density at radius 3 is 2.16 bits per heavy atom. The van der Waals surface area contributed by atoms with Crippen LogP contribution in [0.3, 0.4) is 0 Å². The van der Waals surface area contributed by atoms with Gasteiger partial charge in [0.15, 0.2) is 0 Å². The third-order valence-electron chi connectivity index (χ3n) is 3.36. The molecule has 0 spiro atoms. The minimum absolute atomic E-state index is 0.0136. The number of hydrogen-bond donors (Lipinski definition) is 0. The average Bonchev–Trinajstić information content (AvgIpc) is 2.55. The van der Waals surface area contributed by atoms with Gasteiger partial charge in [0.2, 0.25) is 5.91 Å². The summed E-state index contributed by atoms with van der Waals surface area (Å²) in [6.45, 7) is 4.56. The summed E-state index contributed by atoms with van der Waals surface area (Å²) < 4.78 is 0. The third kappa shape index (κ3) is 3.22. The van der Waals surface area contributed by atoms with Crippen molar-refractivity contribution in [1.82, 2.24) is 4.90 Å². The number of likely N-dealkylation sites (tertiary alicyclic amines) is 1. The SMILES string of the molecule is Cc1ccc(C2CN(C)C(=O)C2(C)Cl)cc1.O=C=O. The van der Waals surface area contributed by atoms with Crippen molar-refractivity contribution in [2.24, 2.45) is 0 Å². The highest BCUT2D eigenvalue weighted by molar-refractivity contribution is 6.36. The molecule has 0 aliphatic carbocycles. The second kappa shape index (κ2) is 6.00. The highest BCUT2D eigenvalue weighted by atomic mass is 35.5. The number of amides is 1. The molecule has 1 aliphatic heterocycles. The van der Waals surface area contributed by atoms with Crippen molar-refractivity contribution < 1.29 is 14.4 Å². The van der Waals surface area contributed by atoms with Crippen LogP contribution >= 0.6 is 11.6 Å². The number of nitrogens with zero attached hydrogens (tertiary/aromatic N) is 1. The van der Waals surface area contributed by atoms with E-state index in [0.717, 1.165) is 5.56 Å². The standard InChI is InChI=1S/C13H16ClNO.CO2/c1-9-4-6-10(7-5-9)11-8-15(3)12(16)13(11,2)14;2-1-3/h4-7,11H,8H2,1-3H3;. The Labute approximate surface area is 117 Å². The van der Waals surface area contributed by atoms with E-state index in [-0.39, 0.29) is 18.0 Å². The van der Waals surface area contributed by atoms with Gasteiger partial charge in [-0.2, -0.15) is 9.59 Å². The normalized spacial score (nSPS) is 25.6. The summed E-state index contributed by atoms with van der Waals surface area (Å²) in [7, 11) is 1.80. The molecule has 5 heteroatoms. The van der Waals surface area contributed by atoms with E-state index in [1.165, 1.54) is 5.56 Å². The fourth-order valence-corrected chi connectivity index (χ4v) is 2.61. The molecule has 1 saturated heterocycles. The zero-order valence-corrected chi connectivity index (χ0v) is 11.9. The van der Waals surface area contributed by atoms with Crippen LogP contribution in [0.4, 0.5) is 0 Å². The van der Waals surface area contributed by atoms with Crippen LogP contribution in [0.15, 0.2) is 24.3 Å². The summed E-state index contributed by atoms with van der Waals surface area (Å²) in [4.78, 5) is 29.0. The van der Waals surface area contributed by atoms with Gasteiger partial charge in [-0.05, 0) is 19.4 Å². The minimum atomic E-state index is -0.802. The Hall–Kier alpha value is -1.64. The predicted octanol–water partition coefficient (Wildman–Crippen LogP) is 1.96. The van der Waals surface area contributed by atoms with Crippen LogP contribution in [-0.2, 0) is 14.4 Å². The van der Waals surface area contributed by atoms with Crippen LogP contribution in [0, 0.1) is 6.92 Å². The maximum atomic E-state index is 11.9. The fraction of sp³-hybridized carbons (Fsp3) is 0.429. The second-order valence-corrected chi connectivity index (χ2v) is 5.59. The van der Waals surface area contributed by atoms with E-state index in [0.29, 0.717) is 6.54 Å². The van der Waals surface area contributed by atoms with Crippen molar-refractivity contribution in [2.75, 3.05) is 13.6 Å². The van der Waals surface area contributed by atoms with E-state index in [2.05, 4.69) is 31.2 Å². The van der Waals surface area contributed by atoms with Crippen molar-refractivity contribution in [3.05, 3.63) is 35.4 Å². The van der Waals surface area contributed by atoms with E-state index in [9.17, 15) is 4.79 Å². The molecule has 102 valence electrons. The first-order chi connectivity index (χ1) is 8.84. The number of alkyl halides is 1. The second-order valence-electron chi connectivity index (χ2n) is 4.81. The lowest BCUT2D eigenvalue weighted by molar-refractivity contribution is -0.191. The molecule has 0 saturated carbocycles. The van der Waals surface area contributed by atoms with Crippen LogP contribution in [0.1, 0.15) is 24.0 Å². The molecule has 1 aliphatic rings. The van der Waals surface area contributed by atoms with E-state index < -0.39 is 4.87 Å². The topological polar surface area (TPSA) is 54.5 Å². The van der Waals surface area contributed by atoms with Crippen molar-refractivity contribution in [2.45, 2.75) is 24.6 Å². The monoisotopic (exact) mass is 281 g/mol. The summed E-state index contributed by atoms with van der Waals surface area (Å²) in [5, 5.41) is 0. The number of aryl methyl sites for hydroxylation is 1. The quantitative estimate of drug-likeness (QED) is 0.740. The van der Waals surface area contributed by atoms with Crippen molar-refractivity contribution in [3.8, 4) is 0 Å². The molecule has 1 aromatic rings. The number of carbonyl (C=O) groups is 1. The number of likely N-dealkylation sites (N-methyl/N-ethyl adjacent to an activating group) is 1. The van der Waals surface area contributed by atoms with Gasteiger partial charge in [-0.25, -0.2) is 0 Å². The zero-order chi connectivity index (χ0) is 14.6. The summed E-state index contributed by atoms with van der Waals surface area (Å²) in [6, 6.07) is 8.25. The molecule has 19 heavy (non-hydrogen) atoms. The van der Waals surface area contributed by atoms with E-state index >= 15 is 0 Å². The maximum absolute atomic E-state index is 11.9. The minimum Gasteiger partial charge on any atom is -0.344 e. The van der Waals surface area contributed by atoms with Crippen LogP contribution in [0.25, 0.3) is 0 Å². The zero-order valence-electron chi connectivity index (χ0n) is 11.1. The van der Waals surface area contributed by atoms with Crippen molar-refractivity contribution in [3.63, 3.8) is 0 Å². The molecule has 4 nitrogen and oxygen atoms in total. The van der Waals surface area contributed by atoms with Gasteiger partial charge in [0.05, 0.1) is 0 Å². The highest BCUT2D eigenvalue weighted by Gasteiger charge is 2.48. The van der Waals surface area contributed by atoms with Gasteiger partial charge in [-0.3, -0.25) is 4.79 Å². The van der Waals surface area contributed by atoms with Crippen LogP contribution < -0.4 is 0 Å². The molecule has 2 atom stereocenters. The molecule has 0 aromatic heterocycles. The Bertz CT molecular complexity index is 490. The smallest absolute Gasteiger partial charge is 0.344 e. The summed E-state index contributed by atoms with van der Waals surface area (Å²) in [6.07, 6.45) is 0.250. The summed E-state index contributed by atoms with van der Waals surface area (Å²) in [5.74, 6) is 0.0898. The lowest BCUT2D eigenvalue weighted by Crippen LogP contribution is -2.32. The van der Waals surface area contributed by atoms with Gasteiger partial charge in [0.25, 0.3) is 0 Å². The molecule has 1 fully saturated rings. The molecule has 2 rings (SSSR count). The largest absolute Gasteiger partial charge is 0.373 e. The Kier molecular flexibility index (Phi) is 4.87. The van der Waals surface area contributed by atoms with Crippen LogP contribution in [0.5, 0.6) is 0 Å². The molecular weight excluding hydrogens is 266 g/mol. The van der Waals surface area contributed by atoms with Crippen molar-refractivity contribution in [1.29, 1.82) is 0 Å². The fourth-order valence-electron chi connectivity index (χ4n) is 2.27. The first-order valence-corrected chi connectivity index (χ1v) is 6.22.